The number of thiazole rings is 1. The van der Waals surface area contributed by atoms with Crippen molar-refractivity contribution < 1.29 is 53.8 Å². The predicted octanol–water partition coefficient (Wildman–Crippen LogP) is 0.747. The Morgan fingerprint density at radius 3 is 2.57 bits per heavy atom. The molecule has 2 aliphatic heterocycles. The fourth-order valence-corrected chi connectivity index (χ4v) is 7.22. The lowest BCUT2D eigenvalue weighted by molar-refractivity contribution is -0.691. The Morgan fingerprint density at radius 1 is 1.15 bits per heavy atom. The number of nitrogens with zero attached hydrogens (tertiary/aromatic N) is 5. The van der Waals surface area contributed by atoms with Crippen LogP contribution >= 0.6 is 23.1 Å². The fraction of sp³-hybridized carbons (Fsp3) is 0.344. The number of aliphatic carboxylic acids is 2. The number of benzene rings is 1. The number of carboxylic acids is 2. The van der Waals surface area contributed by atoms with Crippen LogP contribution in [0.5, 0.6) is 11.5 Å². The van der Waals surface area contributed by atoms with Gasteiger partial charge in [-0.2, -0.15) is 0 Å². The Balaban J connectivity index is 1.22. The van der Waals surface area contributed by atoms with Crippen LogP contribution in [-0.2, 0) is 30.6 Å². The van der Waals surface area contributed by atoms with Crippen molar-refractivity contribution in [3.63, 3.8) is 0 Å². The van der Waals surface area contributed by atoms with Gasteiger partial charge in [0.15, 0.2) is 28.1 Å². The zero-order chi connectivity index (χ0) is 38.6. The van der Waals surface area contributed by atoms with Crippen molar-refractivity contribution in [1.29, 1.82) is 0 Å². The van der Waals surface area contributed by atoms with Crippen LogP contribution in [-0.4, -0.2) is 100 Å². The first kappa shape index (κ1) is 38.3. The molecular formula is C32H36N9O10S2+. The van der Waals surface area contributed by atoms with Crippen molar-refractivity contribution in [1.82, 2.24) is 20.2 Å². The molecule has 1 unspecified atom stereocenters. The molecule has 0 radical (unpaired) electrons. The molecule has 3 aromatic rings. The second-order valence-corrected chi connectivity index (χ2v) is 14.4. The molecule has 5 rings (SSSR count). The third-order valence-corrected chi connectivity index (χ3v) is 10.2. The number of ketones is 1. The van der Waals surface area contributed by atoms with E-state index < -0.39 is 52.2 Å². The first-order valence-corrected chi connectivity index (χ1v) is 17.8. The first-order valence-electron chi connectivity index (χ1n) is 15.9. The molecule has 0 spiro atoms. The summed E-state index contributed by atoms with van der Waals surface area (Å²) < 4.78 is 1.61. The number of nitrogen functional groups attached to an aromatic ring is 2. The number of hydrogen-bond donors (Lipinski definition) is 8. The van der Waals surface area contributed by atoms with E-state index in [1.807, 2.05) is 0 Å². The smallest absolute Gasteiger partial charge is 0.352 e. The van der Waals surface area contributed by atoms with Gasteiger partial charge in [0, 0.05) is 41.8 Å². The summed E-state index contributed by atoms with van der Waals surface area (Å²) in [5.74, 6) is -5.55. The number of thioether (sulfide) groups is 1. The summed E-state index contributed by atoms with van der Waals surface area (Å²) in [6.45, 7) is 3.21. The second kappa shape index (κ2) is 15.7. The Hall–Kier alpha value is -5.96. The molecule has 53 heavy (non-hydrogen) atoms. The molecule has 2 aliphatic rings. The highest BCUT2D eigenvalue weighted by molar-refractivity contribution is 8.00. The number of phenols is 2. The molecule has 1 aromatic carbocycles. The molecule has 4 heterocycles. The number of nitrogens with one attached hydrogen (secondary N) is 2. The van der Waals surface area contributed by atoms with Crippen LogP contribution in [0.3, 0.4) is 0 Å². The van der Waals surface area contributed by atoms with Gasteiger partial charge >= 0.3 is 11.9 Å². The minimum Gasteiger partial charge on any atom is -0.504 e. The van der Waals surface area contributed by atoms with Crippen LogP contribution in [0.4, 0.5) is 16.6 Å². The number of aromatic nitrogens is 3. The number of rotatable bonds is 16. The van der Waals surface area contributed by atoms with Gasteiger partial charge in [-0.1, -0.05) is 5.16 Å². The van der Waals surface area contributed by atoms with Gasteiger partial charge in [0.25, 0.3) is 18.1 Å². The number of hydrogen-bond acceptors (Lipinski definition) is 16. The van der Waals surface area contributed by atoms with Crippen LogP contribution < -0.4 is 26.7 Å². The van der Waals surface area contributed by atoms with E-state index in [0.29, 0.717) is 24.2 Å². The van der Waals surface area contributed by atoms with Crippen LogP contribution in [0.25, 0.3) is 0 Å². The molecule has 0 bridgehead atoms. The van der Waals surface area contributed by atoms with Gasteiger partial charge in [-0.05, 0) is 43.5 Å². The van der Waals surface area contributed by atoms with Crippen molar-refractivity contribution >= 4 is 75.0 Å². The summed E-state index contributed by atoms with van der Waals surface area (Å²) in [6.07, 6.45) is 3.19. The monoisotopic (exact) mass is 770 g/mol. The molecule has 1 fully saturated rings. The summed E-state index contributed by atoms with van der Waals surface area (Å²) in [7, 11) is 0. The lowest BCUT2D eigenvalue weighted by Crippen LogP contribution is -2.62. The predicted molar refractivity (Wildman–Crippen MR) is 191 cm³/mol. The van der Waals surface area contributed by atoms with Crippen LogP contribution in [0, 0.1) is 5.92 Å². The largest absolute Gasteiger partial charge is 0.504 e. The Labute approximate surface area is 309 Å². The maximum absolute atomic E-state index is 13.5. The Bertz CT molecular complexity index is 2030. The topological polar surface area (TPSA) is 297 Å². The number of carbonyl (C=O) groups is 5. The number of aromatic hydroxyl groups is 2. The molecule has 280 valence electrons. The van der Waals surface area contributed by atoms with Crippen LogP contribution in [0.15, 0.2) is 52.5 Å². The molecule has 21 heteroatoms. The standard InChI is InChI=1S/C32H35N9O10S2/c1-32(2,30(49)50)51-39-23(19-13-53-31(34)38-19)22(44)9-17-27(46)41-24(29(47)48)16(12-52-28(17)41)10-40-11-18(25(33)37-14-40)35-6-3-7-36-26(45)15-4-5-20(42)21(43)8-15/h4-5,8,11,13-14,17,28,33,35H,3,6-7,9-10,12H2,1-2H3,(H7,34,36,38,39,42,43,44,45,47,48,49,50)/p+1/t17-,28?/m1/s1. The Kier molecular flexibility index (Phi) is 11.4. The number of phenolic OH excluding ortho intramolecular Hbond substituents is 2. The van der Waals surface area contributed by atoms with E-state index in [0.717, 1.165) is 22.3 Å². The van der Waals surface area contributed by atoms with Crippen LogP contribution in [0.1, 0.15) is 42.7 Å². The number of nitrogens with two attached hydrogens (primary N) is 2. The van der Waals surface area contributed by atoms with Crippen molar-refractivity contribution in [3.8, 4) is 11.5 Å². The Morgan fingerprint density at radius 2 is 1.91 bits per heavy atom. The van der Waals surface area contributed by atoms with E-state index in [1.165, 1.54) is 49.4 Å². The maximum atomic E-state index is 13.5. The number of amides is 2. The van der Waals surface area contributed by atoms with Crippen LogP contribution in [0.2, 0.25) is 0 Å². The van der Waals surface area contributed by atoms with Gasteiger partial charge in [0.2, 0.25) is 11.5 Å². The average molecular weight is 771 g/mol. The van der Waals surface area contributed by atoms with E-state index in [2.05, 4.69) is 25.8 Å². The quantitative estimate of drug-likeness (QED) is 0.0249. The highest BCUT2D eigenvalue weighted by atomic mass is 32.2. The summed E-state index contributed by atoms with van der Waals surface area (Å²) in [5.41, 5.74) is 10.6. The fourth-order valence-electron chi connectivity index (χ4n) is 5.27. The average Bonchev–Trinajstić information content (AvgIpc) is 3.54. The summed E-state index contributed by atoms with van der Waals surface area (Å²) in [6, 6.07) is 3.75. The third kappa shape index (κ3) is 8.58. The van der Waals surface area contributed by atoms with Crippen molar-refractivity contribution in [3.05, 3.63) is 58.6 Å². The number of anilines is 3. The molecule has 19 nitrogen and oxygen atoms in total. The number of β-lactam (4-membered cyclic amide) rings is 1. The van der Waals surface area contributed by atoms with Gasteiger partial charge in [-0.15, -0.1) is 23.1 Å². The first-order chi connectivity index (χ1) is 25.1. The normalized spacial score (nSPS) is 17.1. The number of carbonyl (C=O) groups excluding carboxylic acids is 3. The van der Waals surface area contributed by atoms with E-state index >= 15 is 0 Å². The molecule has 1 saturated heterocycles. The molecule has 0 saturated carbocycles. The van der Waals surface area contributed by atoms with E-state index in [4.69, 9.17) is 16.3 Å². The molecule has 2 aromatic heterocycles. The van der Waals surface area contributed by atoms with Crippen molar-refractivity contribution in [2.45, 2.75) is 44.2 Å². The second-order valence-electron chi connectivity index (χ2n) is 12.4. The lowest BCUT2D eigenvalue weighted by Gasteiger charge is -2.49. The van der Waals surface area contributed by atoms with Gasteiger partial charge in [0.05, 0.1) is 11.3 Å². The van der Waals surface area contributed by atoms with E-state index in [9.17, 15) is 44.4 Å². The summed E-state index contributed by atoms with van der Waals surface area (Å²) in [4.78, 5) is 77.8. The molecular weight excluding hydrogens is 735 g/mol. The van der Waals surface area contributed by atoms with Crippen molar-refractivity contribution in [2.75, 3.05) is 35.6 Å². The van der Waals surface area contributed by atoms with Crippen molar-refractivity contribution in [2.24, 2.45) is 11.1 Å². The zero-order valence-electron chi connectivity index (χ0n) is 28.3. The molecule has 2 atom stereocenters. The maximum Gasteiger partial charge on any atom is 0.352 e. The lowest BCUT2D eigenvalue weighted by atomic mass is 9.89. The van der Waals surface area contributed by atoms with E-state index in [-0.39, 0.29) is 64.6 Å². The molecule has 10 N–H and O–H groups in total. The van der Waals surface area contributed by atoms with Gasteiger partial charge in [-0.3, -0.25) is 19.3 Å². The summed E-state index contributed by atoms with van der Waals surface area (Å²) >= 11 is 2.32. The summed E-state index contributed by atoms with van der Waals surface area (Å²) in [5, 5.41) is 49.2. The third-order valence-electron chi connectivity index (χ3n) is 8.16. The number of oxime groups is 1. The highest BCUT2D eigenvalue weighted by Gasteiger charge is 2.54. The van der Waals surface area contributed by atoms with E-state index in [1.54, 1.807) is 10.8 Å². The van der Waals surface area contributed by atoms with Gasteiger partial charge in [-0.25, -0.2) is 19.1 Å². The number of Topliss-reactive ketones (excluding diaryl/α,β-unsaturated/α-hetero) is 1. The molecule has 0 aliphatic carbocycles. The SMILES string of the molecule is CC(C)(O/N=C(\C(=O)C[C@@H]1C(=O)N2C(C(=O)O)=C(C[n+]3cnc(N)c(NCCCNC(=O)c4ccc(O)c(O)c4)c3)CSC12)c1csc(N)n1)C(=O)O. The van der Waals surface area contributed by atoms with Gasteiger partial charge < -0.3 is 47.4 Å². The minimum atomic E-state index is -1.77. The molecule has 2 amide bonds. The zero-order valence-corrected chi connectivity index (χ0v) is 29.9. The highest BCUT2D eigenvalue weighted by Crippen LogP contribution is 2.45. The number of carboxylic acid groups (broad SMARTS) is 2. The van der Waals surface area contributed by atoms with Gasteiger partial charge in [0.1, 0.15) is 29.8 Å². The number of fused-ring (bicyclic) bond motifs is 1. The minimum absolute atomic E-state index is 0.0503.